The van der Waals surface area contributed by atoms with E-state index in [1.807, 2.05) is 40.7 Å². The van der Waals surface area contributed by atoms with Crippen LogP contribution in [0.3, 0.4) is 0 Å². The van der Waals surface area contributed by atoms with Crippen LogP contribution in [0.2, 0.25) is 5.15 Å². The lowest BCUT2D eigenvalue weighted by Gasteiger charge is -2.32. The molecule has 0 radical (unpaired) electrons. The number of aromatic nitrogens is 1. The highest BCUT2D eigenvalue weighted by molar-refractivity contribution is 6.63. The molecule has 6 heteroatoms. The molecular weight excluding hydrogens is 262 g/mol. The molecule has 0 saturated carbocycles. The summed E-state index contributed by atoms with van der Waals surface area (Å²) >= 11 is 5.94. The molecule has 1 aromatic heterocycles. The van der Waals surface area contributed by atoms with Gasteiger partial charge in [-0.2, -0.15) is 0 Å². The Morgan fingerprint density at radius 1 is 1.21 bits per heavy atom. The molecule has 0 atom stereocenters. The van der Waals surface area contributed by atoms with E-state index in [0.29, 0.717) is 11.0 Å². The minimum Gasteiger partial charge on any atom is -0.399 e. The largest absolute Gasteiger partial charge is 0.498 e. The summed E-state index contributed by atoms with van der Waals surface area (Å²) in [4.78, 5) is 4.30. The normalized spacial score (nSPS) is 20.6. The predicted molar refractivity (Wildman–Crippen MR) is 79.1 cm³/mol. The van der Waals surface area contributed by atoms with Gasteiger partial charge in [-0.05, 0) is 40.7 Å². The summed E-state index contributed by atoms with van der Waals surface area (Å²) in [6.45, 7) is 10.9. The molecule has 2 heterocycles. The summed E-state index contributed by atoms with van der Waals surface area (Å²) in [6, 6.07) is 3.65. The van der Waals surface area contributed by atoms with E-state index >= 15 is 0 Å². The Morgan fingerprint density at radius 3 is 2.32 bits per heavy atom. The smallest absolute Gasteiger partial charge is 0.399 e. The van der Waals surface area contributed by atoms with E-state index < -0.39 is 7.12 Å². The van der Waals surface area contributed by atoms with E-state index in [-0.39, 0.29) is 11.2 Å². The van der Waals surface area contributed by atoms with Crippen molar-refractivity contribution in [1.82, 2.24) is 4.98 Å². The van der Waals surface area contributed by atoms with Gasteiger partial charge in [-0.15, -0.1) is 0 Å². The van der Waals surface area contributed by atoms with Crippen molar-refractivity contribution >= 4 is 30.0 Å². The molecule has 1 saturated heterocycles. The molecule has 104 valence electrons. The molecular formula is C13H20BClN2O2. The molecule has 4 nitrogen and oxygen atoms in total. The Bertz CT molecular complexity index is 464. The number of rotatable bonds is 3. The lowest BCUT2D eigenvalue weighted by molar-refractivity contribution is 0.00578. The zero-order valence-corrected chi connectivity index (χ0v) is 12.8. The van der Waals surface area contributed by atoms with Crippen LogP contribution in [-0.2, 0) is 9.31 Å². The minimum atomic E-state index is -0.427. The SMILES string of the molecule is CCNc1nc(Cl)ccc1B1OC(C)(C)C(C)(C)O1. The first-order valence-electron chi connectivity index (χ1n) is 6.53. The monoisotopic (exact) mass is 282 g/mol. The number of nitrogens with zero attached hydrogens (tertiary/aromatic N) is 1. The average molecular weight is 283 g/mol. The third-order valence-corrected chi connectivity index (χ3v) is 3.95. The van der Waals surface area contributed by atoms with Gasteiger partial charge in [0.2, 0.25) is 0 Å². The Labute approximate surface area is 120 Å². The van der Waals surface area contributed by atoms with Gasteiger partial charge in [0.1, 0.15) is 11.0 Å². The summed E-state index contributed by atoms with van der Waals surface area (Å²) in [6.07, 6.45) is 0. The van der Waals surface area contributed by atoms with Crippen LogP contribution in [0.5, 0.6) is 0 Å². The molecule has 19 heavy (non-hydrogen) atoms. The quantitative estimate of drug-likeness (QED) is 0.683. The third-order valence-electron chi connectivity index (χ3n) is 3.74. The molecule has 0 bridgehead atoms. The third kappa shape index (κ3) is 2.73. The van der Waals surface area contributed by atoms with Gasteiger partial charge in [-0.1, -0.05) is 17.7 Å². The van der Waals surface area contributed by atoms with Crippen LogP contribution in [0.25, 0.3) is 0 Å². The summed E-state index contributed by atoms with van der Waals surface area (Å²) < 4.78 is 12.1. The van der Waals surface area contributed by atoms with E-state index in [4.69, 9.17) is 20.9 Å². The summed E-state index contributed by atoms with van der Waals surface area (Å²) in [5, 5.41) is 3.65. The van der Waals surface area contributed by atoms with Crippen molar-refractivity contribution in [2.24, 2.45) is 0 Å². The lowest BCUT2D eigenvalue weighted by Crippen LogP contribution is -2.41. The molecule has 2 rings (SSSR count). The molecule has 1 aromatic rings. The highest BCUT2D eigenvalue weighted by Gasteiger charge is 2.52. The number of hydrogen-bond acceptors (Lipinski definition) is 4. The number of nitrogens with one attached hydrogen (secondary N) is 1. The van der Waals surface area contributed by atoms with Gasteiger partial charge in [0.25, 0.3) is 0 Å². The second-order valence-corrected chi connectivity index (χ2v) is 6.08. The lowest BCUT2D eigenvalue weighted by atomic mass is 9.79. The molecule has 1 aliphatic heterocycles. The fourth-order valence-corrected chi connectivity index (χ4v) is 2.06. The van der Waals surface area contributed by atoms with E-state index in [1.165, 1.54) is 0 Å². The van der Waals surface area contributed by atoms with Crippen molar-refractivity contribution in [3.05, 3.63) is 17.3 Å². The number of pyridine rings is 1. The minimum absolute atomic E-state index is 0.360. The average Bonchev–Trinajstić information content (AvgIpc) is 2.48. The first-order valence-corrected chi connectivity index (χ1v) is 6.90. The Morgan fingerprint density at radius 2 is 1.79 bits per heavy atom. The summed E-state index contributed by atoms with van der Waals surface area (Å²) in [5.74, 6) is 0.716. The Balaban J connectivity index is 2.34. The van der Waals surface area contributed by atoms with E-state index in [1.54, 1.807) is 6.07 Å². The van der Waals surface area contributed by atoms with Crippen molar-refractivity contribution in [1.29, 1.82) is 0 Å². The second-order valence-electron chi connectivity index (χ2n) is 5.69. The van der Waals surface area contributed by atoms with Gasteiger partial charge in [-0.25, -0.2) is 4.98 Å². The topological polar surface area (TPSA) is 43.4 Å². The maximum atomic E-state index is 6.03. The van der Waals surface area contributed by atoms with Crippen molar-refractivity contribution < 1.29 is 9.31 Å². The molecule has 0 amide bonds. The first-order chi connectivity index (χ1) is 8.77. The van der Waals surface area contributed by atoms with Gasteiger partial charge >= 0.3 is 7.12 Å². The molecule has 0 unspecified atom stereocenters. The van der Waals surface area contributed by atoms with Gasteiger partial charge in [0, 0.05) is 12.0 Å². The van der Waals surface area contributed by atoms with E-state index in [2.05, 4.69) is 10.3 Å². The Hall–Kier alpha value is -0.775. The van der Waals surface area contributed by atoms with Crippen molar-refractivity contribution in [2.45, 2.75) is 45.8 Å². The van der Waals surface area contributed by atoms with Crippen LogP contribution in [0.15, 0.2) is 12.1 Å². The fraction of sp³-hybridized carbons (Fsp3) is 0.615. The molecule has 1 N–H and O–H groups in total. The number of halogens is 1. The Kier molecular flexibility index (Phi) is 3.82. The summed E-state index contributed by atoms with van der Waals surface area (Å²) in [7, 11) is -0.427. The zero-order chi connectivity index (χ0) is 14.3. The van der Waals surface area contributed by atoms with Gasteiger partial charge in [0.05, 0.1) is 11.2 Å². The first kappa shape index (κ1) is 14.6. The molecule has 0 aromatic carbocycles. The van der Waals surface area contributed by atoms with Crippen LogP contribution >= 0.6 is 11.6 Å². The van der Waals surface area contributed by atoms with Crippen LogP contribution in [0.4, 0.5) is 5.82 Å². The molecule has 0 spiro atoms. The van der Waals surface area contributed by atoms with Crippen molar-refractivity contribution in [3.8, 4) is 0 Å². The van der Waals surface area contributed by atoms with Gasteiger partial charge in [-0.3, -0.25) is 0 Å². The van der Waals surface area contributed by atoms with Gasteiger partial charge < -0.3 is 14.6 Å². The predicted octanol–water partition coefficient (Wildman–Crippen LogP) is 2.47. The standard InChI is InChI=1S/C13H20BClN2O2/c1-6-16-11-9(7-8-10(15)17-11)14-18-12(2,3)13(4,5)19-14/h7-8H,6H2,1-5H3,(H,16,17). The maximum Gasteiger partial charge on any atom is 0.498 e. The highest BCUT2D eigenvalue weighted by atomic mass is 35.5. The molecule has 1 fully saturated rings. The van der Waals surface area contributed by atoms with E-state index in [0.717, 1.165) is 12.0 Å². The maximum absolute atomic E-state index is 6.03. The zero-order valence-electron chi connectivity index (χ0n) is 12.1. The summed E-state index contributed by atoms with van der Waals surface area (Å²) in [5.41, 5.74) is 0.159. The second kappa shape index (κ2) is 4.96. The van der Waals surface area contributed by atoms with Crippen LogP contribution in [0.1, 0.15) is 34.6 Å². The van der Waals surface area contributed by atoms with E-state index in [9.17, 15) is 0 Å². The van der Waals surface area contributed by atoms with Crippen molar-refractivity contribution in [2.75, 3.05) is 11.9 Å². The van der Waals surface area contributed by atoms with Crippen LogP contribution in [-0.4, -0.2) is 29.8 Å². The van der Waals surface area contributed by atoms with Crippen molar-refractivity contribution in [3.63, 3.8) is 0 Å². The van der Waals surface area contributed by atoms with Crippen LogP contribution in [0, 0.1) is 0 Å². The fourth-order valence-electron chi connectivity index (χ4n) is 1.92. The number of hydrogen-bond donors (Lipinski definition) is 1. The molecule has 1 aliphatic rings. The van der Waals surface area contributed by atoms with Crippen LogP contribution < -0.4 is 10.8 Å². The van der Waals surface area contributed by atoms with Gasteiger partial charge in [0.15, 0.2) is 0 Å². The molecule has 0 aliphatic carbocycles. The number of anilines is 1. The highest BCUT2D eigenvalue weighted by Crippen LogP contribution is 2.36.